The predicted molar refractivity (Wildman–Crippen MR) is 130 cm³/mol. The molecule has 0 fully saturated rings. The average molecular weight is 502 g/mol. The normalized spacial score (nSPS) is 20.3. The predicted octanol–water partition coefficient (Wildman–Crippen LogP) is 7.96. The molecule has 2 atom stereocenters. The molecule has 154 valence electrons. The Kier molecular flexibility index (Phi) is 5.70. The van der Waals surface area contributed by atoms with Gasteiger partial charge in [0.1, 0.15) is 0 Å². The van der Waals surface area contributed by atoms with Crippen LogP contribution in [0.1, 0.15) is 60.9 Å². The Balaban J connectivity index is 0.00000204. The summed E-state index contributed by atoms with van der Waals surface area (Å²) in [4.78, 5) is 0. The Morgan fingerprint density at radius 1 is 0.774 bits per heavy atom. The number of benzene rings is 3. The Morgan fingerprint density at radius 3 is 2.32 bits per heavy atom. The molecule has 0 radical (unpaired) electrons. The number of halogens is 1. The van der Waals surface area contributed by atoms with Gasteiger partial charge in [-0.1, -0.05) is 0 Å². The first kappa shape index (κ1) is 21.2. The van der Waals surface area contributed by atoms with E-state index >= 15 is 0 Å². The summed E-state index contributed by atoms with van der Waals surface area (Å²) in [5.74, 6) is 0. The van der Waals surface area contributed by atoms with Crippen molar-refractivity contribution in [2.45, 2.75) is 40.4 Å². The van der Waals surface area contributed by atoms with E-state index in [9.17, 15) is 0 Å². The SMILES string of the molecule is CC1=Cc2ccccc2[CH]1[Zr][CH]1C(C)=Cc2c1cc1c(c2-c2ccccc2)CCC1.Cl. The number of hydrogen-bond donors (Lipinski definition) is 0. The minimum absolute atomic E-state index is 0. The quantitative estimate of drug-likeness (QED) is 0.341. The average Bonchev–Trinajstić information content (AvgIpc) is 3.43. The zero-order valence-electron chi connectivity index (χ0n) is 18.1. The fourth-order valence-corrected chi connectivity index (χ4v) is 10.4. The van der Waals surface area contributed by atoms with E-state index in [2.05, 4.69) is 86.7 Å². The maximum atomic E-state index is 2.61. The maximum Gasteiger partial charge on any atom is -0.147 e. The monoisotopic (exact) mass is 500 g/mol. The van der Waals surface area contributed by atoms with Crippen LogP contribution in [0.4, 0.5) is 0 Å². The Morgan fingerprint density at radius 2 is 1.48 bits per heavy atom. The molecular weight excluding hydrogens is 475 g/mol. The number of hydrogen-bond acceptors (Lipinski definition) is 0. The molecule has 3 aromatic rings. The van der Waals surface area contributed by atoms with Gasteiger partial charge in [0.25, 0.3) is 0 Å². The number of rotatable bonds is 3. The third-order valence-corrected chi connectivity index (χ3v) is 12.6. The van der Waals surface area contributed by atoms with E-state index in [-0.39, 0.29) is 12.4 Å². The summed E-state index contributed by atoms with van der Waals surface area (Å²) in [5, 5.41) is 0. The van der Waals surface area contributed by atoms with Crippen LogP contribution in [0.25, 0.3) is 23.3 Å². The first-order valence-electron chi connectivity index (χ1n) is 11.2. The van der Waals surface area contributed by atoms with Crippen molar-refractivity contribution in [1.29, 1.82) is 0 Å². The summed E-state index contributed by atoms with van der Waals surface area (Å²) in [6, 6.07) is 22.8. The van der Waals surface area contributed by atoms with E-state index in [1.807, 2.05) is 0 Å². The molecule has 2 unspecified atom stereocenters. The third-order valence-electron chi connectivity index (χ3n) is 7.15. The molecule has 0 spiro atoms. The molecule has 3 aliphatic carbocycles. The summed E-state index contributed by atoms with van der Waals surface area (Å²) in [5.41, 5.74) is 15.6. The van der Waals surface area contributed by atoms with Crippen LogP contribution in [0, 0.1) is 0 Å². The maximum absolute atomic E-state index is 2.61. The van der Waals surface area contributed by atoms with Gasteiger partial charge in [-0.05, 0) is 0 Å². The summed E-state index contributed by atoms with van der Waals surface area (Å²) in [6.07, 6.45) is 8.78. The molecule has 31 heavy (non-hydrogen) atoms. The molecule has 0 saturated heterocycles. The Bertz CT molecular complexity index is 1220. The summed E-state index contributed by atoms with van der Waals surface area (Å²) >= 11 is -0.749. The fraction of sp³-hybridized carbons (Fsp3) is 0.241. The second kappa shape index (κ2) is 8.34. The molecule has 3 aromatic carbocycles. The van der Waals surface area contributed by atoms with Crippen molar-refractivity contribution < 1.29 is 23.2 Å². The topological polar surface area (TPSA) is 0 Å². The smallest absolute Gasteiger partial charge is 0.147 e. The van der Waals surface area contributed by atoms with Crippen molar-refractivity contribution in [2.24, 2.45) is 0 Å². The van der Waals surface area contributed by atoms with Gasteiger partial charge < -0.3 is 0 Å². The van der Waals surface area contributed by atoms with Crippen LogP contribution in [0.2, 0.25) is 0 Å². The van der Waals surface area contributed by atoms with Gasteiger partial charge >= 0.3 is 192 Å². The molecule has 6 rings (SSSR count). The van der Waals surface area contributed by atoms with E-state index in [0.29, 0.717) is 7.25 Å². The zero-order chi connectivity index (χ0) is 20.2. The Labute approximate surface area is 203 Å². The summed E-state index contributed by atoms with van der Waals surface area (Å²) < 4.78 is 1.40. The molecule has 0 bridgehead atoms. The molecule has 0 N–H and O–H groups in total. The second-order valence-corrected chi connectivity index (χ2v) is 12.7. The number of aryl methyl sites for hydroxylation is 1. The van der Waals surface area contributed by atoms with Crippen molar-refractivity contribution in [3.63, 3.8) is 0 Å². The standard InChI is InChI=1S/C19H17.C10H9.ClH.Zr/c1-13-10-16-12-15-8-5-9-17(15)19(18(16)11-13)14-6-3-2-4-7-14;1-8-6-9-4-2-3-5-10(9)7-8;;/h2-4,6-7,10-12H,5,8-9H2,1H3;2-7H,1H3;1H;. The van der Waals surface area contributed by atoms with Gasteiger partial charge in [-0.25, -0.2) is 0 Å². The summed E-state index contributed by atoms with van der Waals surface area (Å²) in [7, 11) is 0. The first-order chi connectivity index (χ1) is 14.7. The minimum atomic E-state index is -0.749. The largest absolute Gasteiger partial charge is 0.147 e. The molecule has 0 amide bonds. The second-order valence-electron chi connectivity index (χ2n) is 9.05. The van der Waals surface area contributed by atoms with Crippen LogP contribution >= 0.6 is 12.4 Å². The van der Waals surface area contributed by atoms with Crippen LogP contribution < -0.4 is 0 Å². The van der Waals surface area contributed by atoms with Gasteiger partial charge in [-0.15, -0.1) is 12.4 Å². The zero-order valence-corrected chi connectivity index (χ0v) is 21.4. The summed E-state index contributed by atoms with van der Waals surface area (Å²) in [6.45, 7) is 4.75. The molecule has 0 heterocycles. The molecule has 2 heteroatoms. The Hall–Kier alpha value is -1.69. The number of fused-ring (bicyclic) bond motifs is 3. The van der Waals surface area contributed by atoms with Crippen molar-refractivity contribution in [3.8, 4) is 11.1 Å². The van der Waals surface area contributed by atoms with Crippen molar-refractivity contribution in [2.75, 3.05) is 0 Å². The molecular formula is C29H27ClZr. The number of allylic oxidation sites excluding steroid dienone is 2. The van der Waals surface area contributed by atoms with Gasteiger partial charge in [-0.3, -0.25) is 0 Å². The van der Waals surface area contributed by atoms with Crippen LogP contribution in [-0.4, -0.2) is 0 Å². The van der Waals surface area contributed by atoms with Gasteiger partial charge in [0.05, 0.1) is 0 Å². The molecule has 0 saturated carbocycles. The molecule has 3 aliphatic rings. The van der Waals surface area contributed by atoms with E-state index in [1.165, 1.54) is 36.0 Å². The van der Waals surface area contributed by atoms with E-state index in [1.54, 1.807) is 39.0 Å². The van der Waals surface area contributed by atoms with E-state index < -0.39 is 23.2 Å². The van der Waals surface area contributed by atoms with Gasteiger partial charge in [0, 0.05) is 0 Å². The van der Waals surface area contributed by atoms with Crippen LogP contribution in [-0.2, 0) is 36.1 Å². The first-order valence-corrected chi connectivity index (χ1v) is 14.0. The van der Waals surface area contributed by atoms with Gasteiger partial charge in [0.15, 0.2) is 0 Å². The van der Waals surface area contributed by atoms with Crippen molar-refractivity contribution in [3.05, 3.63) is 105 Å². The molecule has 0 nitrogen and oxygen atoms in total. The van der Waals surface area contributed by atoms with Crippen molar-refractivity contribution >= 4 is 24.6 Å². The minimum Gasteiger partial charge on any atom is -0.147 e. The molecule has 0 aromatic heterocycles. The van der Waals surface area contributed by atoms with Crippen LogP contribution in [0.3, 0.4) is 0 Å². The van der Waals surface area contributed by atoms with E-state index in [4.69, 9.17) is 0 Å². The fourth-order valence-electron chi connectivity index (χ4n) is 5.76. The van der Waals surface area contributed by atoms with Crippen molar-refractivity contribution in [1.82, 2.24) is 0 Å². The van der Waals surface area contributed by atoms with Crippen LogP contribution in [0.15, 0.2) is 71.8 Å². The molecule has 0 aliphatic heterocycles. The van der Waals surface area contributed by atoms with Crippen LogP contribution in [0.5, 0.6) is 0 Å². The van der Waals surface area contributed by atoms with E-state index in [0.717, 1.165) is 0 Å². The van der Waals surface area contributed by atoms with Gasteiger partial charge in [0.2, 0.25) is 0 Å². The van der Waals surface area contributed by atoms with Gasteiger partial charge in [-0.2, -0.15) is 0 Å². The third kappa shape index (κ3) is 3.46.